The minimum absolute atomic E-state index is 0.00811. The smallest absolute Gasteiger partial charge is 0.416 e. The number of furan rings is 1. The third-order valence-corrected chi connectivity index (χ3v) is 7.36. The summed E-state index contributed by atoms with van der Waals surface area (Å²) in [7, 11) is -3.39. The molecule has 0 aliphatic heterocycles. The number of aromatic nitrogens is 1. The Balaban J connectivity index is 1.68. The predicted molar refractivity (Wildman–Crippen MR) is 142 cm³/mol. The van der Waals surface area contributed by atoms with E-state index in [1.165, 1.54) is 48.7 Å². The Morgan fingerprint density at radius 3 is 2.33 bits per heavy atom. The highest BCUT2D eigenvalue weighted by atomic mass is 32.2. The lowest BCUT2D eigenvalue weighted by Crippen LogP contribution is -2.34. The quantitative estimate of drug-likeness (QED) is 0.308. The van der Waals surface area contributed by atoms with Crippen LogP contribution >= 0.6 is 0 Å². The summed E-state index contributed by atoms with van der Waals surface area (Å²) in [6.07, 6.45) is -2.02. The maximum Gasteiger partial charge on any atom is 0.416 e. The number of sulfone groups is 1. The molecule has 0 aliphatic rings. The second-order valence-electron chi connectivity index (χ2n) is 9.14. The van der Waals surface area contributed by atoms with Crippen molar-refractivity contribution in [3.63, 3.8) is 0 Å². The van der Waals surface area contributed by atoms with E-state index in [2.05, 4.69) is 10.6 Å². The Morgan fingerprint density at radius 2 is 1.70 bits per heavy atom. The molecule has 2 heterocycles. The molecule has 0 atom stereocenters. The topological polar surface area (TPSA) is 110 Å². The van der Waals surface area contributed by atoms with Crippen molar-refractivity contribution in [2.75, 3.05) is 6.26 Å². The van der Waals surface area contributed by atoms with E-state index in [1.54, 1.807) is 19.1 Å². The number of halogens is 3. The van der Waals surface area contributed by atoms with Crippen molar-refractivity contribution in [2.24, 2.45) is 0 Å². The number of alkyl halides is 3. The van der Waals surface area contributed by atoms with Gasteiger partial charge in [0.05, 0.1) is 23.3 Å². The van der Waals surface area contributed by atoms with Gasteiger partial charge in [-0.3, -0.25) is 14.2 Å². The fraction of sp³-hybridized carbons (Fsp3) is 0.214. The highest BCUT2D eigenvalue weighted by Crippen LogP contribution is 2.30. The van der Waals surface area contributed by atoms with Crippen LogP contribution in [-0.2, 0) is 35.6 Å². The van der Waals surface area contributed by atoms with E-state index in [1.807, 2.05) is 0 Å². The van der Waals surface area contributed by atoms with Crippen molar-refractivity contribution < 1.29 is 30.8 Å². The van der Waals surface area contributed by atoms with E-state index in [0.717, 1.165) is 23.0 Å². The van der Waals surface area contributed by atoms with Gasteiger partial charge >= 0.3 is 6.18 Å². The Kier molecular flexibility index (Phi) is 8.31. The standard InChI is InChI=1S/C28H26F3N3O5S/c1-18-20(16-32-17-23-7-4-12-39-23)13-25(26(35)33-15-19-8-10-24(11-9-19)40(2,37)38)27(36)34(18)22-6-3-5-21(14-22)28(29,30)31/h3-14,32H,15-17H2,1-2H3,(H,33,35). The van der Waals surface area contributed by atoms with Gasteiger partial charge in [0.2, 0.25) is 0 Å². The Labute approximate surface area is 228 Å². The molecule has 0 aliphatic carbocycles. The van der Waals surface area contributed by atoms with Crippen molar-refractivity contribution in [3.8, 4) is 5.69 Å². The zero-order valence-corrected chi connectivity index (χ0v) is 22.4. The summed E-state index contributed by atoms with van der Waals surface area (Å²) in [4.78, 5) is 26.8. The van der Waals surface area contributed by atoms with Crippen LogP contribution in [-0.4, -0.2) is 25.1 Å². The normalized spacial score (nSPS) is 11.9. The number of hydrogen-bond donors (Lipinski definition) is 2. The molecule has 0 bridgehead atoms. The minimum Gasteiger partial charge on any atom is -0.468 e. The van der Waals surface area contributed by atoms with E-state index in [4.69, 9.17) is 4.42 Å². The van der Waals surface area contributed by atoms with Gasteiger partial charge in [-0.1, -0.05) is 18.2 Å². The summed E-state index contributed by atoms with van der Waals surface area (Å²) in [5.74, 6) is -0.0751. The number of nitrogens with zero attached hydrogens (tertiary/aromatic N) is 1. The summed E-state index contributed by atoms with van der Waals surface area (Å²) < 4.78 is 70.0. The largest absolute Gasteiger partial charge is 0.468 e. The van der Waals surface area contributed by atoms with Gasteiger partial charge in [0.25, 0.3) is 11.5 Å². The first-order chi connectivity index (χ1) is 18.8. The molecule has 40 heavy (non-hydrogen) atoms. The van der Waals surface area contributed by atoms with Crippen LogP contribution in [0.3, 0.4) is 0 Å². The first-order valence-electron chi connectivity index (χ1n) is 12.1. The number of pyridine rings is 1. The molecule has 4 aromatic rings. The molecule has 0 spiro atoms. The average Bonchev–Trinajstić information content (AvgIpc) is 3.42. The molecular formula is C28H26F3N3O5S. The van der Waals surface area contributed by atoms with E-state index >= 15 is 0 Å². The van der Waals surface area contributed by atoms with E-state index in [0.29, 0.717) is 29.1 Å². The number of hydrogen-bond acceptors (Lipinski definition) is 6. The highest BCUT2D eigenvalue weighted by Gasteiger charge is 2.31. The van der Waals surface area contributed by atoms with Crippen LogP contribution in [0.15, 0.2) is 87.1 Å². The lowest BCUT2D eigenvalue weighted by atomic mass is 10.1. The highest BCUT2D eigenvalue weighted by molar-refractivity contribution is 7.90. The van der Waals surface area contributed by atoms with Crippen LogP contribution in [0.2, 0.25) is 0 Å². The number of amides is 1. The molecule has 2 aromatic heterocycles. The predicted octanol–water partition coefficient (Wildman–Crippen LogP) is 4.38. The zero-order chi connectivity index (χ0) is 29.1. The van der Waals surface area contributed by atoms with Crippen LogP contribution in [0.4, 0.5) is 13.2 Å². The van der Waals surface area contributed by atoms with Crippen molar-refractivity contribution >= 4 is 15.7 Å². The number of carbonyl (C=O) groups excluding carboxylic acids is 1. The maximum atomic E-state index is 13.5. The van der Waals surface area contributed by atoms with Crippen molar-refractivity contribution in [3.05, 3.63) is 117 Å². The Hall–Kier alpha value is -4.16. The molecule has 1 amide bonds. The average molecular weight is 574 g/mol. The van der Waals surface area contributed by atoms with E-state index in [9.17, 15) is 31.2 Å². The molecule has 4 rings (SSSR count). The van der Waals surface area contributed by atoms with Crippen LogP contribution < -0.4 is 16.2 Å². The number of carbonyl (C=O) groups is 1. The van der Waals surface area contributed by atoms with Crippen LogP contribution in [0.1, 0.15) is 38.5 Å². The molecule has 0 unspecified atom stereocenters. The van der Waals surface area contributed by atoms with Crippen molar-refractivity contribution in [1.82, 2.24) is 15.2 Å². The van der Waals surface area contributed by atoms with Crippen LogP contribution in [0.5, 0.6) is 0 Å². The number of benzene rings is 2. The van der Waals surface area contributed by atoms with Gasteiger partial charge in [0.15, 0.2) is 9.84 Å². The molecule has 12 heteroatoms. The molecule has 0 saturated carbocycles. The Morgan fingerprint density at radius 1 is 0.975 bits per heavy atom. The summed E-state index contributed by atoms with van der Waals surface area (Å²) in [5.41, 5.74) is -0.527. The molecular weight excluding hydrogens is 547 g/mol. The molecule has 8 nitrogen and oxygen atoms in total. The zero-order valence-electron chi connectivity index (χ0n) is 21.6. The summed E-state index contributed by atoms with van der Waals surface area (Å²) in [6, 6.07) is 15.1. The minimum atomic E-state index is -4.62. The van der Waals surface area contributed by atoms with Crippen molar-refractivity contribution in [2.45, 2.75) is 37.6 Å². The van der Waals surface area contributed by atoms with Gasteiger partial charge < -0.3 is 15.1 Å². The second kappa shape index (κ2) is 11.5. The third kappa shape index (κ3) is 6.69. The van der Waals surface area contributed by atoms with E-state index < -0.39 is 33.0 Å². The second-order valence-corrected chi connectivity index (χ2v) is 11.2. The van der Waals surface area contributed by atoms with Gasteiger partial charge in [0.1, 0.15) is 11.3 Å². The fourth-order valence-electron chi connectivity index (χ4n) is 4.10. The lowest BCUT2D eigenvalue weighted by molar-refractivity contribution is -0.137. The lowest BCUT2D eigenvalue weighted by Gasteiger charge is -2.18. The summed E-state index contributed by atoms with van der Waals surface area (Å²) in [6.45, 7) is 2.13. The molecule has 0 fully saturated rings. The third-order valence-electron chi connectivity index (χ3n) is 6.23. The number of rotatable bonds is 9. The van der Waals surface area contributed by atoms with Gasteiger partial charge in [-0.2, -0.15) is 13.2 Å². The maximum absolute atomic E-state index is 13.5. The first kappa shape index (κ1) is 28.8. The van der Waals surface area contributed by atoms with Gasteiger partial charge in [-0.05, 0) is 66.6 Å². The van der Waals surface area contributed by atoms with Gasteiger partial charge in [-0.15, -0.1) is 0 Å². The SMILES string of the molecule is Cc1c(CNCc2ccco2)cc(C(=O)NCc2ccc(S(C)(=O)=O)cc2)c(=O)n1-c1cccc(C(F)(F)F)c1. The van der Waals surface area contributed by atoms with Crippen LogP contribution in [0, 0.1) is 6.92 Å². The molecule has 2 N–H and O–H groups in total. The molecule has 210 valence electrons. The summed E-state index contributed by atoms with van der Waals surface area (Å²) >= 11 is 0. The monoisotopic (exact) mass is 573 g/mol. The van der Waals surface area contributed by atoms with Gasteiger partial charge in [0, 0.05) is 30.7 Å². The summed E-state index contributed by atoms with van der Waals surface area (Å²) in [5, 5.41) is 5.79. The Bertz CT molecular complexity index is 1680. The first-order valence-corrected chi connectivity index (χ1v) is 14.0. The fourth-order valence-corrected chi connectivity index (χ4v) is 4.73. The van der Waals surface area contributed by atoms with E-state index in [-0.39, 0.29) is 29.2 Å². The van der Waals surface area contributed by atoms with Crippen LogP contribution in [0.25, 0.3) is 5.69 Å². The molecule has 0 radical (unpaired) electrons. The molecule has 2 aromatic carbocycles. The van der Waals surface area contributed by atoms with Crippen molar-refractivity contribution in [1.29, 1.82) is 0 Å². The van der Waals surface area contributed by atoms with Gasteiger partial charge in [-0.25, -0.2) is 8.42 Å². The number of nitrogens with one attached hydrogen (secondary N) is 2. The molecule has 0 saturated heterocycles.